The lowest BCUT2D eigenvalue weighted by Crippen LogP contribution is -2.40. The number of fused-ring (bicyclic) bond motifs is 2. The summed E-state index contributed by atoms with van der Waals surface area (Å²) in [7, 11) is 0. The van der Waals surface area contributed by atoms with Gasteiger partial charge in [0.05, 0.1) is 0 Å². The molecular formula is C21H19ClN6O3. The van der Waals surface area contributed by atoms with Crippen LogP contribution < -0.4 is 10.2 Å². The number of ether oxygens (including phenoxy) is 1. The van der Waals surface area contributed by atoms with Crippen LogP contribution in [0.5, 0.6) is 0 Å². The van der Waals surface area contributed by atoms with Gasteiger partial charge in [0.25, 0.3) is 5.91 Å². The highest BCUT2D eigenvalue weighted by molar-refractivity contribution is 6.29. The van der Waals surface area contributed by atoms with Crippen molar-refractivity contribution >= 4 is 40.5 Å². The Morgan fingerprint density at radius 1 is 1.06 bits per heavy atom. The van der Waals surface area contributed by atoms with Gasteiger partial charge >= 0.3 is 6.09 Å². The average Bonchev–Trinajstić information content (AvgIpc) is 3.05. The fourth-order valence-electron chi connectivity index (χ4n) is 4.02. The number of nitrogens with zero attached hydrogens (tertiary/aromatic N) is 5. The van der Waals surface area contributed by atoms with E-state index in [1.165, 1.54) is 23.7 Å². The predicted octanol–water partition coefficient (Wildman–Crippen LogP) is 3.79. The molecule has 5 rings (SSSR count). The minimum Gasteiger partial charge on any atom is -0.419 e. The molecule has 10 heteroatoms. The number of halogens is 1. The molecule has 2 aliphatic rings. The second-order valence-electron chi connectivity index (χ2n) is 7.55. The molecule has 1 N–H and O–H groups in total. The van der Waals surface area contributed by atoms with Crippen LogP contribution in [0.25, 0.3) is 11.0 Å². The summed E-state index contributed by atoms with van der Waals surface area (Å²) in [6, 6.07) is 6.96. The number of alkyl carbamates (subject to hydrolysis) is 1. The third-order valence-electron chi connectivity index (χ3n) is 5.51. The predicted molar refractivity (Wildman–Crippen MR) is 113 cm³/mol. The van der Waals surface area contributed by atoms with Gasteiger partial charge < -0.3 is 10.1 Å². The zero-order valence-corrected chi connectivity index (χ0v) is 17.2. The highest BCUT2D eigenvalue weighted by Crippen LogP contribution is 2.36. The Morgan fingerprint density at radius 3 is 2.68 bits per heavy atom. The van der Waals surface area contributed by atoms with Crippen LogP contribution in [-0.4, -0.2) is 38.0 Å². The zero-order chi connectivity index (χ0) is 21.4. The molecular weight excluding hydrogens is 420 g/mol. The monoisotopic (exact) mass is 438 g/mol. The summed E-state index contributed by atoms with van der Waals surface area (Å²) in [5.41, 5.74) is 0.770. The Hall–Kier alpha value is -3.33. The van der Waals surface area contributed by atoms with E-state index < -0.39 is 18.2 Å². The smallest absolute Gasteiger partial charge is 0.409 e. The molecule has 31 heavy (non-hydrogen) atoms. The van der Waals surface area contributed by atoms with Crippen molar-refractivity contribution in [3.05, 3.63) is 53.2 Å². The molecule has 0 radical (unpaired) electrons. The van der Waals surface area contributed by atoms with Gasteiger partial charge in [0, 0.05) is 23.8 Å². The van der Waals surface area contributed by atoms with Crippen LogP contribution >= 0.6 is 11.6 Å². The third kappa shape index (κ3) is 3.76. The molecule has 4 heterocycles. The molecule has 3 aromatic heterocycles. The molecule has 0 spiro atoms. The van der Waals surface area contributed by atoms with Crippen LogP contribution in [0.3, 0.4) is 0 Å². The van der Waals surface area contributed by atoms with E-state index in [-0.39, 0.29) is 28.4 Å². The Labute approximate surface area is 182 Å². The first kappa shape index (κ1) is 19.6. The van der Waals surface area contributed by atoms with E-state index in [0.717, 1.165) is 31.1 Å². The minimum absolute atomic E-state index is 0.0678. The summed E-state index contributed by atoms with van der Waals surface area (Å²) in [5, 5.41) is 3.96. The number of pyridine rings is 2. The number of anilines is 1. The lowest BCUT2D eigenvalue weighted by Gasteiger charge is -2.26. The molecule has 3 aromatic rings. The Balaban J connectivity index is 1.47. The van der Waals surface area contributed by atoms with Gasteiger partial charge in [-0.25, -0.2) is 24.6 Å². The first-order valence-electron chi connectivity index (χ1n) is 10.1. The molecule has 0 aromatic carbocycles. The first-order valence-corrected chi connectivity index (χ1v) is 10.5. The highest BCUT2D eigenvalue weighted by atomic mass is 35.5. The molecule has 158 valence electrons. The topological polar surface area (TPSA) is 110 Å². The largest absolute Gasteiger partial charge is 0.419 e. The summed E-state index contributed by atoms with van der Waals surface area (Å²) >= 11 is 5.99. The molecule has 0 bridgehead atoms. The van der Waals surface area contributed by atoms with Crippen LogP contribution in [0, 0.1) is 0 Å². The maximum atomic E-state index is 13.1. The summed E-state index contributed by atoms with van der Waals surface area (Å²) in [5.74, 6) is -0.185. The quantitative estimate of drug-likeness (QED) is 0.619. The summed E-state index contributed by atoms with van der Waals surface area (Å²) in [6.07, 6.45) is 6.35. The molecule has 1 saturated carbocycles. The standard InChI is InChI=1S/C21H19ClN6O3/c22-14-8-6-12-7-9-15(27-18(12)26-14)28-19(29)16-17(24-11-10-23-16)20(28)31-21(30)25-13-4-2-1-3-5-13/h6-11,13,20H,1-5H2,(H,25,30). The maximum Gasteiger partial charge on any atom is 0.409 e. The Kier molecular flexibility index (Phi) is 5.11. The molecule has 1 atom stereocenters. The molecule has 2 amide bonds. The number of hydrogen-bond acceptors (Lipinski definition) is 7. The van der Waals surface area contributed by atoms with Crippen molar-refractivity contribution in [3.63, 3.8) is 0 Å². The van der Waals surface area contributed by atoms with Crippen molar-refractivity contribution in [3.8, 4) is 0 Å². The lowest BCUT2D eigenvalue weighted by atomic mass is 9.96. The lowest BCUT2D eigenvalue weighted by molar-refractivity contribution is 0.0801. The fourth-order valence-corrected chi connectivity index (χ4v) is 4.16. The zero-order valence-electron chi connectivity index (χ0n) is 16.5. The summed E-state index contributed by atoms with van der Waals surface area (Å²) in [4.78, 5) is 44.1. The van der Waals surface area contributed by atoms with Crippen LogP contribution in [0.4, 0.5) is 10.6 Å². The van der Waals surface area contributed by atoms with Gasteiger partial charge in [-0.2, -0.15) is 0 Å². The van der Waals surface area contributed by atoms with Gasteiger partial charge in [-0.15, -0.1) is 0 Å². The average molecular weight is 439 g/mol. The van der Waals surface area contributed by atoms with Crippen molar-refractivity contribution in [1.82, 2.24) is 25.3 Å². The van der Waals surface area contributed by atoms with E-state index >= 15 is 0 Å². The van der Waals surface area contributed by atoms with Crippen molar-refractivity contribution in [2.24, 2.45) is 0 Å². The molecule has 1 aliphatic heterocycles. The van der Waals surface area contributed by atoms with Crippen molar-refractivity contribution < 1.29 is 14.3 Å². The molecule has 1 aliphatic carbocycles. The van der Waals surface area contributed by atoms with Gasteiger partial charge in [-0.3, -0.25) is 9.78 Å². The minimum atomic E-state index is -1.08. The van der Waals surface area contributed by atoms with E-state index in [0.29, 0.717) is 5.65 Å². The van der Waals surface area contributed by atoms with Crippen LogP contribution in [0.2, 0.25) is 5.15 Å². The highest BCUT2D eigenvalue weighted by Gasteiger charge is 2.44. The molecule has 1 fully saturated rings. The second kappa shape index (κ2) is 8.07. The van der Waals surface area contributed by atoms with Gasteiger partial charge in [0.1, 0.15) is 16.7 Å². The van der Waals surface area contributed by atoms with E-state index in [9.17, 15) is 9.59 Å². The van der Waals surface area contributed by atoms with E-state index in [1.54, 1.807) is 24.3 Å². The summed E-state index contributed by atoms with van der Waals surface area (Å²) in [6.45, 7) is 0. The number of amides is 2. The van der Waals surface area contributed by atoms with Crippen molar-refractivity contribution in [1.29, 1.82) is 0 Å². The third-order valence-corrected chi connectivity index (χ3v) is 5.72. The maximum absolute atomic E-state index is 13.1. The van der Waals surface area contributed by atoms with Gasteiger partial charge in [0.2, 0.25) is 6.23 Å². The Morgan fingerprint density at radius 2 is 1.84 bits per heavy atom. The van der Waals surface area contributed by atoms with E-state index in [1.807, 2.05) is 0 Å². The fraction of sp³-hybridized carbons (Fsp3) is 0.333. The summed E-state index contributed by atoms with van der Waals surface area (Å²) < 4.78 is 5.68. The molecule has 9 nitrogen and oxygen atoms in total. The second-order valence-corrected chi connectivity index (χ2v) is 7.94. The van der Waals surface area contributed by atoms with Gasteiger partial charge in [-0.1, -0.05) is 30.9 Å². The normalized spacial score (nSPS) is 18.8. The van der Waals surface area contributed by atoms with Crippen molar-refractivity contribution in [2.75, 3.05) is 4.90 Å². The number of nitrogens with one attached hydrogen (secondary N) is 1. The number of carbonyl (C=O) groups is 2. The Bertz CT molecular complexity index is 1170. The van der Waals surface area contributed by atoms with Crippen LogP contribution in [-0.2, 0) is 4.74 Å². The van der Waals surface area contributed by atoms with E-state index in [2.05, 4.69) is 25.3 Å². The van der Waals surface area contributed by atoms with Gasteiger partial charge in [0.15, 0.2) is 11.3 Å². The molecule has 0 saturated heterocycles. The van der Waals surface area contributed by atoms with Gasteiger partial charge in [-0.05, 0) is 37.1 Å². The SMILES string of the molecule is O=C(NC1CCCCC1)OC1c2nccnc2C(=O)N1c1ccc2ccc(Cl)nc2n1. The van der Waals surface area contributed by atoms with Crippen molar-refractivity contribution in [2.45, 2.75) is 44.4 Å². The number of rotatable bonds is 3. The number of aromatic nitrogens is 4. The first-order chi connectivity index (χ1) is 15.1. The van der Waals surface area contributed by atoms with Crippen LogP contribution in [0.15, 0.2) is 36.7 Å². The van der Waals surface area contributed by atoms with E-state index in [4.69, 9.17) is 16.3 Å². The molecule has 1 unspecified atom stereocenters. The number of carbonyl (C=O) groups excluding carboxylic acids is 2. The van der Waals surface area contributed by atoms with Crippen LogP contribution in [0.1, 0.15) is 54.5 Å². The number of hydrogen-bond donors (Lipinski definition) is 1.